The number of aliphatic hydroxyl groups is 1. The summed E-state index contributed by atoms with van der Waals surface area (Å²) in [6, 6.07) is 8.29. The summed E-state index contributed by atoms with van der Waals surface area (Å²) < 4.78 is 21.7. The molecule has 1 aromatic rings. The lowest BCUT2D eigenvalue weighted by Crippen LogP contribution is -2.66. The van der Waals surface area contributed by atoms with Gasteiger partial charge in [0.1, 0.15) is 12.1 Å². The average molecular weight is 395 g/mol. The lowest BCUT2D eigenvalue weighted by Gasteiger charge is -2.43. The number of esters is 2. The molecule has 5 atom stereocenters. The maximum absolute atomic E-state index is 11.6. The Hall–Kier alpha value is -2.49. The summed E-state index contributed by atoms with van der Waals surface area (Å²) in [6.45, 7) is 3.86. The van der Waals surface area contributed by atoms with Crippen LogP contribution >= 0.6 is 0 Å². The molecule has 0 radical (unpaired) electrons. The van der Waals surface area contributed by atoms with Crippen LogP contribution in [-0.2, 0) is 39.9 Å². The number of nitrogens with one attached hydrogen (secondary N) is 1. The molecule has 0 saturated carbocycles. The predicted octanol–water partition coefficient (Wildman–Crippen LogP) is 0.288. The molecular weight excluding hydrogens is 370 g/mol. The van der Waals surface area contributed by atoms with Crippen LogP contribution in [0, 0.1) is 0 Å². The fraction of sp³-hybridized carbons (Fsp3) is 0.526. The van der Waals surface area contributed by atoms with E-state index < -0.39 is 48.5 Å². The highest BCUT2D eigenvalue weighted by molar-refractivity contribution is 5.73. The molecular formula is C19H25NO8. The van der Waals surface area contributed by atoms with E-state index in [4.69, 9.17) is 18.9 Å². The SMILES string of the molecule is CC(=O)N[C@H]1C(O)O[C@H](COCc2ccccc2)[C@@H](OC(C)=O)[C@@H]1OC(C)=O. The maximum atomic E-state index is 11.6. The Morgan fingerprint density at radius 2 is 1.64 bits per heavy atom. The fourth-order valence-electron chi connectivity index (χ4n) is 2.98. The zero-order valence-corrected chi connectivity index (χ0v) is 16.0. The maximum Gasteiger partial charge on any atom is 0.303 e. The van der Waals surface area contributed by atoms with E-state index in [0.29, 0.717) is 0 Å². The van der Waals surface area contributed by atoms with Gasteiger partial charge in [-0.05, 0) is 5.56 Å². The van der Waals surface area contributed by atoms with Gasteiger partial charge in [0, 0.05) is 20.8 Å². The first kappa shape index (κ1) is 21.8. The Morgan fingerprint density at radius 1 is 1.04 bits per heavy atom. The van der Waals surface area contributed by atoms with Crippen LogP contribution < -0.4 is 5.32 Å². The van der Waals surface area contributed by atoms with Crippen LogP contribution in [0.4, 0.5) is 0 Å². The third kappa shape index (κ3) is 6.29. The highest BCUT2D eigenvalue weighted by Crippen LogP contribution is 2.26. The van der Waals surface area contributed by atoms with Crippen molar-refractivity contribution in [3.63, 3.8) is 0 Å². The Bertz CT molecular complexity index is 680. The second-order valence-corrected chi connectivity index (χ2v) is 6.44. The van der Waals surface area contributed by atoms with Gasteiger partial charge in [0.05, 0.1) is 13.2 Å². The smallest absolute Gasteiger partial charge is 0.303 e. The van der Waals surface area contributed by atoms with Gasteiger partial charge < -0.3 is 29.4 Å². The first-order valence-corrected chi connectivity index (χ1v) is 8.84. The van der Waals surface area contributed by atoms with Gasteiger partial charge in [0.15, 0.2) is 18.5 Å². The molecule has 154 valence electrons. The summed E-state index contributed by atoms with van der Waals surface area (Å²) in [5.74, 6) is -1.75. The molecule has 1 aliphatic heterocycles. The van der Waals surface area contributed by atoms with Crippen molar-refractivity contribution in [3.05, 3.63) is 35.9 Å². The summed E-state index contributed by atoms with van der Waals surface area (Å²) >= 11 is 0. The minimum Gasteiger partial charge on any atom is -0.456 e. The van der Waals surface area contributed by atoms with E-state index in [1.807, 2.05) is 30.3 Å². The van der Waals surface area contributed by atoms with Gasteiger partial charge in [0.25, 0.3) is 0 Å². The number of benzene rings is 1. The van der Waals surface area contributed by atoms with Crippen LogP contribution in [0.1, 0.15) is 26.3 Å². The molecule has 1 saturated heterocycles. The Kier molecular flexibility index (Phi) is 7.91. The summed E-state index contributed by atoms with van der Waals surface area (Å²) in [4.78, 5) is 34.6. The molecule has 1 aliphatic rings. The van der Waals surface area contributed by atoms with Gasteiger partial charge in [-0.2, -0.15) is 0 Å². The van der Waals surface area contributed by atoms with E-state index >= 15 is 0 Å². The number of carbonyl (C=O) groups excluding carboxylic acids is 3. The molecule has 9 heteroatoms. The second-order valence-electron chi connectivity index (χ2n) is 6.44. The summed E-state index contributed by atoms with van der Waals surface area (Å²) in [6.07, 6.45) is -4.60. The highest BCUT2D eigenvalue weighted by Gasteiger charge is 2.49. The van der Waals surface area contributed by atoms with Crippen molar-refractivity contribution in [2.24, 2.45) is 0 Å². The number of aliphatic hydroxyl groups excluding tert-OH is 1. The molecule has 1 unspecified atom stereocenters. The van der Waals surface area contributed by atoms with Crippen LogP contribution in [0.3, 0.4) is 0 Å². The van der Waals surface area contributed by atoms with Crippen LogP contribution in [-0.4, -0.2) is 60.2 Å². The summed E-state index contributed by atoms with van der Waals surface area (Å²) in [5.41, 5.74) is 0.926. The van der Waals surface area contributed by atoms with Gasteiger partial charge in [-0.15, -0.1) is 0 Å². The monoisotopic (exact) mass is 395 g/mol. The van der Waals surface area contributed by atoms with Gasteiger partial charge in [-0.1, -0.05) is 30.3 Å². The molecule has 0 bridgehead atoms. The number of carbonyl (C=O) groups is 3. The van der Waals surface area contributed by atoms with Gasteiger partial charge in [0.2, 0.25) is 5.91 Å². The van der Waals surface area contributed by atoms with Crippen molar-refractivity contribution >= 4 is 17.8 Å². The van der Waals surface area contributed by atoms with Crippen molar-refractivity contribution in [2.75, 3.05) is 6.61 Å². The van der Waals surface area contributed by atoms with Crippen molar-refractivity contribution < 1.29 is 38.4 Å². The van der Waals surface area contributed by atoms with Crippen LogP contribution in [0.15, 0.2) is 30.3 Å². The minimum absolute atomic E-state index is 0.0333. The molecule has 0 aliphatic carbocycles. The predicted molar refractivity (Wildman–Crippen MR) is 95.7 cm³/mol. The third-order valence-corrected chi connectivity index (χ3v) is 4.03. The molecule has 2 N–H and O–H groups in total. The number of rotatable bonds is 7. The van der Waals surface area contributed by atoms with E-state index in [1.165, 1.54) is 20.8 Å². The second kappa shape index (κ2) is 10.2. The molecule has 1 heterocycles. The molecule has 1 fully saturated rings. The van der Waals surface area contributed by atoms with Crippen LogP contribution in [0.5, 0.6) is 0 Å². The van der Waals surface area contributed by atoms with Gasteiger partial charge in [-0.25, -0.2) is 0 Å². The van der Waals surface area contributed by atoms with Crippen LogP contribution in [0.2, 0.25) is 0 Å². The first-order valence-electron chi connectivity index (χ1n) is 8.84. The quantitative estimate of drug-likeness (QED) is 0.632. The van der Waals surface area contributed by atoms with E-state index in [2.05, 4.69) is 5.32 Å². The molecule has 28 heavy (non-hydrogen) atoms. The van der Waals surface area contributed by atoms with E-state index in [1.54, 1.807) is 0 Å². The summed E-state index contributed by atoms with van der Waals surface area (Å²) in [5, 5.41) is 12.8. The molecule has 0 spiro atoms. The lowest BCUT2D eigenvalue weighted by atomic mass is 9.96. The number of amides is 1. The highest BCUT2D eigenvalue weighted by atomic mass is 16.7. The van der Waals surface area contributed by atoms with Crippen molar-refractivity contribution in [1.82, 2.24) is 5.32 Å². The molecule has 0 aromatic heterocycles. The fourth-order valence-corrected chi connectivity index (χ4v) is 2.98. The normalized spacial score (nSPS) is 26.9. The Balaban J connectivity index is 2.16. The van der Waals surface area contributed by atoms with Crippen molar-refractivity contribution in [3.8, 4) is 0 Å². The zero-order valence-electron chi connectivity index (χ0n) is 16.0. The number of ether oxygens (including phenoxy) is 4. The molecule has 1 aromatic carbocycles. The van der Waals surface area contributed by atoms with Crippen molar-refractivity contribution in [1.29, 1.82) is 0 Å². The number of hydrogen-bond donors (Lipinski definition) is 2. The first-order chi connectivity index (χ1) is 13.3. The molecule has 9 nitrogen and oxygen atoms in total. The molecule has 2 rings (SSSR count). The largest absolute Gasteiger partial charge is 0.456 e. The van der Waals surface area contributed by atoms with Gasteiger partial charge >= 0.3 is 11.9 Å². The topological polar surface area (TPSA) is 120 Å². The Labute approximate surface area is 162 Å². The van der Waals surface area contributed by atoms with Gasteiger partial charge in [-0.3, -0.25) is 14.4 Å². The average Bonchev–Trinajstić information content (AvgIpc) is 2.61. The Morgan fingerprint density at radius 3 is 2.21 bits per heavy atom. The van der Waals surface area contributed by atoms with Crippen molar-refractivity contribution in [2.45, 2.75) is 58.0 Å². The standard InChI is InChI=1S/C19H25NO8/c1-11(21)20-16-18(27-13(3)23)17(26-12(2)22)15(28-19(16)24)10-25-9-14-7-5-4-6-8-14/h4-8,15-19,24H,9-10H2,1-3H3,(H,20,21)/t15-,16-,17-,18-,19?/m1/s1. The van der Waals surface area contributed by atoms with E-state index in [9.17, 15) is 19.5 Å². The van der Waals surface area contributed by atoms with E-state index in [0.717, 1.165) is 5.56 Å². The van der Waals surface area contributed by atoms with Crippen LogP contribution in [0.25, 0.3) is 0 Å². The minimum atomic E-state index is -1.48. The third-order valence-electron chi connectivity index (χ3n) is 4.03. The zero-order chi connectivity index (χ0) is 20.7. The lowest BCUT2D eigenvalue weighted by molar-refractivity contribution is -0.266. The van der Waals surface area contributed by atoms with E-state index in [-0.39, 0.29) is 13.2 Å². The molecule has 1 amide bonds. The summed E-state index contributed by atoms with van der Waals surface area (Å²) in [7, 11) is 0. The number of hydrogen-bond acceptors (Lipinski definition) is 8.